The van der Waals surface area contributed by atoms with E-state index >= 15 is 0 Å². The van der Waals surface area contributed by atoms with E-state index in [1.807, 2.05) is 22.6 Å². The highest BCUT2D eigenvalue weighted by Crippen LogP contribution is 1.83. The van der Waals surface area contributed by atoms with Crippen LogP contribution in [0.2, 0.25) is 0 Å². The maximum absolute atomic E-state index is 11.4. The highest BCUT2D eigenvalue weighted by molar-refractivity contribution is 14.1. The van der Waals surface area contributed by atoms with Crippen LogP contribution in [-0.2, 0) is 0 Å². The monoisotopic (exact) mass is 201 g/mol. The minimum Gasteiger partial charge on any atom is -0.354 e. The Balaban J connectivity index is 2.83. The third kappa shape index (κ3) is 4.20. The van der Waals surface area contributed by atoms with Crippen molar-refractivity contribution in [3.05, 3.63) is 12.5 Å². The van der Waals surface area contributed by atoms with Gasteiger partial charge < -0.3 is 5.32 Å². The molecule has 0 aliphatic rings. The SMILES string of the molecule is C=C(F)NCI. The van der Waals surface area contributed by atoms with Crippen molar-refractivity contribution in [2.45, 2.75) is 0 Å². The predicted octanol–water partition coefficient (Wildman–Crippen LogP) is 1.41. The van der Waals surface area contributed by atoms with Crippen molar-refractivity contribution in [2.24, 2.45) is 0 Å². The molecule has 0 aromatic carbocycles. The van der Waals surface area contributed by atoms with Crippen LogP contribution < -0.4 is 5.32 Å². The molecule has 1 nitrogen and oxygen atoms in total. The fourth-order valence-corrected chi connectivity index (χ4v) is 0.486. The van der Waals surface area contributed by atoms with Crippen molar-refractivity contribution >= 4 is 22.6 Å². The topological polar surface area (TPSA) is 12.0 Å². The molecule has 0 unspecified atom stereocenters. The second kappa shape index (κ2) is 3.39. The Bertz CT molecular complexity index is 54.8. The van der Waals surface area contributed by atoms with Crippen LogP contribution in [0, 0.1) is 0 Å². The summed E-state index contributed by atoms with van der Waals surface area (Å²) in [6, 6.07) is 0. The molecule has 0 rings (SSSR count). The third-order valence-corrected chi connectivity index (χ3v) is 0.640. The first-order valence-corrected chi connectivity index (χ1v) is 2.94. The van der Waals surface area contributed by atoms with Crippen LogP contribution >= 0.6 is 22.6 Å². The van der Waals surface area contributed by atoms with Gasteiger partial charge in [-0.25, -0.2) is 0 Å². The van der Waals surface area contributed by atoms with Crippen molar-refractivity contribution in [3.8, 4) is 0 Å². The summed E-state index contributed by atoms with van der Waals surface area (Å²) < 4.78 is 12.0. The van der Waals surface area contributed by atoms with Crippen molar-refractivity contribution in [2.75, 3.05) is 4.55 Å². The molecule has 1 N–H and O–H groups in total. The molecule has 0 fully saturated rings. The Morgan fingerprint density at radius 2 is 2.50 bits per heavy atom. The van der Waals surface area contributed by atoms with Crippen LogP contribution in [0.3, 0.4) is 0 Å². The molecule has 0 aliphatic carbocycles. The number of hydrogen-bond acceptors (Lipinski definition) is 1. The highest BCUT2D eigenvalue weighted by atomic mass is 127. The second-order valence-electron chi connectivity index (χ2n) is 0.715. The number of rotatable bonds is 2. The summed E-state index contributed by atoms with van der Waals surface area (Å²) in [6.45, 7) is 2.96. The maximum atomic E-state index is 11.4. The van der Waals surface area contributed by atoms with E-state index in [4.69, 9.17) is 0 Å². The van der Waals surface area contributed by atoms with Crippen LogP contribution in [0.15, 0.2) is 12.5 Å². The normalized spacial score (nSPS) is 7.67. The van der Waals surface area contributed by atoms with Crippen molar-refractivity contribution < 1.29 is 4.39 Å². The van der Waals surface area contributed by atoms with Gasteiger partial charge in [-0.2, -0.15) is 4.39 Å². The number of halogens is 2. The summed E-state index contributed by atoms with van der Waals surface area (Å²) >= 11 is 1.99. The fraction of sp³-hybridized carbons (Fsp3) is 0.333. The first kappa shape index (κ1) is 6.20. The van der Waals surface area contributed by atoms with E-state index in [9.17, 15) is 4.39 Å². The summed E-state index contributed by atoms with van der Waals surface area (Å²) in [7, 11) is 0. The molecule has 0 amide bonds. The van der Waals surface area contributed by atoms with Crippen LogP contribution in [0.1, 0.15) is 0 Å². The molecule has 0 saturated carbocycles. The molecular weight excluding hydrogens is 196 g/mol. The molecule has 0 bridgehead atoms. The van der Waals surface area contributed by atoms with Gasteiger partial charge >= 0.3 is 0 Å². The van der Waals surface area contributed by atoms with Gasteiger partial charge in [-0.15, -0.1) is 0 Å². The molecule has 0 aliphatic heterocycles. The standard InChI is InChI=1S/C3H5FIN/c1-3(4)6-2-5/h6H,1-2H2. The lowest BCUT2D eigenvalue weighted by Crippen LogP contribution is -2.03. The zero-order valence-corrected chi connectivity index (χ0v) is 5.33. The van der Waals surface area contributed by atoms with Gasteiger partial charge in [0.25, 0.3) is 0 Å². The molecule has 0 heterocycles. The minimum atomic E-state index is -0.468. The van der Waals surface area contributed by atoms with Crippen LogP contribution in [-0.4, -0.2) is 4.55 Å². The van der Waals surface area contributed by atoms with Crippen molar-refractivity contribution in [3.63, 3.8) is 0 Å². The second-order valence-corrected chi connectivity index (χ2v) is 1.48. The summed E-state index contributed by atoms with van der Waals surface area (Å²) in [5.74, 6) is -0.468. The lowest BCUT2D eigenvalue weighted by Gasteiger charge is -1.89. The zero-order chi connectivity index (χ0) is 4.99. The predicted molar refractivity (Wildman–Crippen MR) is 32.3 cm³/mol. The summed E-state index contributed by atoms with van der Waals surface area (Å²) in [4.78, 5) is 0. The lowest BCUT2D eigenvalue weighted by atomic mass is 10.9. The smallest absolute Gasteiger partial charge is 0.180 e. The zero-order valence-electron chi connectivity index (χ0n) is 3.17. The molecule has 0 spiro atoms. The molecule has 6 heavy (non-hydrogen) atoms. The van der Waals surface area contributed by atoms with Gasteiger partial charge in [0.15, 0.2) is 5.95 Å². The van der Waals surface area contributed by atoms with Crippen molar-refractivity contribution in [1.29, 1.82) is 0 Å². The van der Waals surface area contributed by atoms with E-state index in [2.05, 4.69) is 11.9 Å². The van der Waals surface area contributed by atoms with E-state index in [0.717, 1.165) is 0 Å². The van der Waals surface area contributed by atoms with Gasteiger partial charge in [0.2, 0.25) is 0 Å². The van der Waals surface area contributed by atoms with Gasteiger partial charge in [0.1, 0.15) is 0 Å². The Morgan fingerprint density at radius 3 is 2.50 bits per heavy atom. The molecule has 3 heteroatoms. The molecule has 0 aromatic rings. The summed E-state index contributed by atoms with van der Waals surface area (Å²) in [6.07, 6.45) is 0. The highest BCUT2D eigenvalue weighted by Gasteiger charge is 1.77. The molecule has 0 atom stereocenters. The lowest BCUT2D eigenvalue weighted by molar-refractivity contribution is 0.576. The molecule has 0 radical (unpaired) electrons. The first-order chi connectivity index (χ1) is 2.77. The summed E-state index contributed by atoms with van der Waals surface area (Å²) in [5.41, 5.74) is 0. The van der Waals surface area contributed by atoms with Gasteiger partial charge in [0.05, 0.1) is 4.55 Å². The number of hydrogen-bond donors (Lipinski definition) is 1. The maximum Gasteiger partial charge on any atom is 0.180 e. The molecule has 0 aromatic heterocycles. The van der Waals surface area contributed by atoms with E-state index in [1.165, 1.54) is 0 Å². The Morgan fingerprint density at radius 1 is 2.00 bits per heavy atom. The average Bonchev–Trinajstić information content (AvgIpc) is 1.35. The van der Waals surface area contributed by atoms with Crippen LogP contribution in [0.4, 0.5) is 4.39 Å². The molecule has 0 saturated heterocycles. The van der Waals surface area contributed by atoms with E-state index in [1.54, 1.807) is 0 Å². The quantitative estimate of drug-likeness (QED) is 0.404. The fourth-order valence-electron chi connectivity index (χ4n) is 0.0725. The van der Waals surface area contributed by atoms with Gasteiger partial charge in [-0.05, 0) is 6.58 Å². The number of alkyl halides is 1. The van der Waals surface area contributed by atoms with Crippen LogP contribution in [0.5, 0.6) is 0 Å². The molecular formula is C3H5FIN. The van der Waals surface area contributed by atoms with E-state index in [-0.39, 0.29) is 0 Å². The van der Waals surface area contributed by atoms with E-state index in [0.29, 0.717) is 4.55 Å². The van der Waals surface area contributed by atoms with Gasteiger partial charge in [0, 0.05) is 0 Å². The van der Waals surface area contributed by atoms with E-state index < -0.39 is 5.95 Å². The Kier molecular flexibility index (Phi) is 3.51. The Labute approximate surface area is 49.8 Å². The largest absolute Gasteiger partial charge is 0.354 e. The average molecular weight is 201 g/mol. The van der Waals surface area contributed by atoms with Crippen LogP contribution in [0.25, 0.3) is 0 Å². The third-order valence-electron chi connectivity index (χ3n) is 0.259. The summed E-state index contributed by atoms with van der Waals surface area (Å²) in [5, 5.41) is 2.33. The Hall–Kier alpha value is 0.200. The van der Waals surface area contributed by atoms with Gasteiger partial charge in [-0.1, -0.05) is 22.6 Å². The minimum absolute atomic E-state index is 0.468. The van der Waals surface area contributed by atoms with Gasteiger partial charge in [-0.3, -0.25) is 0 Å². The number of nitrogens with one attached hydrogen (secondary N) is 1. The van der Waals surface area contributed by atoms with Crippen molar-refractivity contribution in [1.82, 2.24) is 5.32 Å². The molecule has 36 valence electrons. The first-order valence-electron chi connectivity index (χ1n) is 1.41.